The van der Waals surface area contributed by atoms with Gasteiger partial charge in [-0.15, -0.1) is 0 Å². The van der Waals surface area contributed by atoms with Crippen molar-refractivity contribution in [1.29, 1.82) is 0 Å². The van der Waals surface area contributed by atoms with Gasteiger partial charge in [0.2, 0.25) is 0 Å². The summed E-state index contributed by atoms with van der Waals surface area (Å²) in [6.45, 7) is 2.73. The summed E-state index contributed by atoms with van der Waals surface area (Å²) in [6, 6.07) is 1.73. The van der Waals surface area contributed by atoms with Gasteiger partial charge in [0.25, 0.3) is 5.56 Å². The first-order chi connectivity index (χ1) is 6.70. The SMILES string of the molecule is CC(N)CCCCn1cnccc1=O. The van der Waals surface area contributed by atoms with Crippen LogP contribution in [0, 0.1) is 0 Å². The molecule has 0 aliphatic rings. The third-order valence-electron chi connectivity index (χ3n) is 2.10. The average molecular weight is 195 g/mol. The Morgan fingerprint density at radius 2 is 2.36 bits per heavy atom. The average Bonchev–Trinajstić information content (AvgIpc) is 2.15. The van der Waals surface area contributed by atoms with Crippen LogP contribution in [0.5, 0.6) is 0 Å². The molecular formula is C10H17N3O. The Hall–Kier alpha value is -1.16. The maximum absolute atomic E-state index is 11.2. The number of rotatable bonds is 5. The van der Waals surface area contributed by atoms with E-state index in [0.29, 0.717) is 0 Å². The number of hydrogen-bond acceptors (Lipinski definition) is 3. The third-order valence-corrected chi connectivity index (χ3v) is 2.10. The normalized spacial score (nSPS) is 12.7. The van der Waals surface area contributed by atoms with Crippen molar-refractivity contribution < 1.29 is 0 Å². The summed E-state index contributed by atoms with van der Waals surface area (Å²) in [4.78, 5) is 15.1. The van der Waals surface area contributed by atoms with Crippen molar-refractivity contribution in [2.75, 3.05) is 0 Å². The first-order valence-electron chi connectivity index (χ1n) is 4.96. The molecule has 2 N–H and O–H groups in total. The van der Waals surface area contributed by atoms with E-state index in [0.717, 1.165) is 25.8 Å². The number of hydrogen-bond donors (Lipinski definition) is 1. The van der Waals surface area contributed by atoms with E-state index in [9.17, 15) is 4.79 Å². The molecule has 0 bridgehead atoms. The highest BCUT2D eigenvalue weighted by Gasteiger charge is 1.96. The summed E-state index contributed by atoms with van der Waals surface area (Å²) in [7, 11) is 0. The van der Waals surface area contributed by atoms with E-state index >= 15 is 0 Å². The zero-order chi connectivity index (χ0) is 10.4. The first kappa shape index (κ1) is 10.9. The maximum Gasteiger partial charge on any atom is 0.253 e. The van der Waals surface area contributed by atoms with Crippen molar-refractivity contribution in [3.63, 3.8) is 0 Å². The van der Waals surface area contributed by atoms with Crippen LogP contribution in [0.15, 0.2) is 23.4 Å². The molecule has 0 saturated heterocycles. The molecular weight excluding hydrogens is 178 g/mol. The Morgan fingerprint density at radius 3 is 3.00 bits per heavy atom. The van der Waals surface area contributed by atoms with Crippen LogP contribution in [0.3, 0.4) is 0 Å². The molecule has 1 aromatic rings. The van der Waals surface area contributed by atoms with Gasteiger partial charge in [-0.3, -0.25) is 9.36 Å². The lowest BCUT2D eigenvalue weighted by atomic mass is 10.1. The molecule has 1 atom stereocenters. The molecule has 1 aromatic heterocycles. The number of nitrogens with two attached hydrogens (primary N) is 1. The van der Waals surface area contributed by atoms with Crippen molar-refractivity contribution in [2.24, 2.45) is 5.73 Å². The third kappa shape index (κ3) is 3.70. The van der Waals surface area contributed by atoms with Crippen LogP contribution in [-0.2, 0) is 6.54 Å². The lowest BCUT2D eigenvalue weighted by Crippen LogP contribution is -2.19. The van der Waals surface area contributed by atoms with Gasteiger partial charge in [-0.25, -0.2) is 4.98 Å². The van der Waals surface area contributed by atoms with E-state index in [-0.39, 0.29) is 11.6 Å². The Labute approximate surface area is 83.8 Å². The molecule has 4 heteroatoms. The van der Waals surface area contributed by atoms with Gasteiger partial charge in [0, 0.05) is 24.8 Å². The van der Waals surface area contributed by atoms with Gasteiger partial charge >= 0.3 is 0 Å². The molecule has 1 rings (SSSR count). The molecule has 4 nitrogen and oxygen atoms in total. The van der Waals surface area contributed by atoms with Crippen LogP contribution in [0.25, 0.3) is 0 Å². The fourth-order valence-electron chi connectivity index (χ4n) is 1.29. The molecule has 0 aliphatic heterocycles. The van der Waals surface area contributed by atoms with Gasteiger partial charge in [-0.2, -0.15) is 0 Å². The molecule has 0 saturated carbocycles. The molecule has 0 aliphatic carbocycles. The molecule has 1 unspecified atom stereocenters. The van der Waals surface area contributed by atoms with E-state index < -0.39 is 0 Å². The summed E-state index contributed by atoms with van der Waals surface area (Å²) in [5.41, 5.74) is 5.64. The molecule has 78 valence electrons. The second-order valence-electron chi connectivity index (χ2n) is 3.58. The Kier molecular flexibility index (Phi) is 4.32. The van der Waals surface area contributed by atoms with Gasteiger partial charge in [0.1, 0.15) is 0 Å². The van der Waals surface area contributed by atoms with Crippen molar-refractivity contribution in [3.05, 3.63) is 28.9 Å². The minimum absolute atomic E-state index is 0.0146. The van der Waals surface area contributed by atoms with E-state index in [1.54, 1.807) is 10.9 Å². The maximum atomic E-state index is 11.2. The fourth-order valence-corrected chi connectivity index (χ4v) is 1.29. The van der Waals surface area contributed by atoms with Gasteiger partial charge in [0.05, 0.1) is 6.33 Å². The standard InChI is InChI=1S/C10H17N3O/c1-9(11)4-2-3-7-13-8-12-6-5-10(13)14/h5-6,8-9H,2-4,7,11H2,1H3. The highest BCUT2D eigenvalue weighted by molar-refractivity contribution is 4.81. The predicted molar refractivity (Wildman–Crippen MR) is 56.0 cm³/mol. The van der Waals surface area contributed by atoms with Crippen LogP contribution in [0.1, 0.15) is 26.2 Å². The summed E-state index contributed by atoms with van der Waals surface area (Å²) in [5, 5.41) is 0. The molecule has 1 heterocycles. The Morgan fingerprint density at radius 1 is 1.57 bits per heavy atom. The molecule has 14 heavy (non-hydrogen) atoms. The van der Waals surface area contributed by atoms with Crippen molar-refractivity contribution >= 4 is 0 Å². The van der Waals surface area contributed by atoms with Crippen molar-refractivity contribution in [1.82, 2.24) is 9.55 Å². The van der Waals surface area contributed by atoms with Crippen LogP contribution >= 0.6 is 0 Å². The fraction of sp³-hybridized carbons (Fsp3) is 0.600. The smallest absolute Gasteiger partial charge is 0.253 e. The second kappa shape index (κ2) is 5.54. The number of nitrogens with zero attached hydrogens (tertiary/aromatic N) is 2. The van der Waals surface area contributed by atoms with Gasteiger partial charge < -0.3 is 5.73 Å². The van der Waals surface area contributed by atoms with Gasteiger partial charge in [-0.05, 0) is 19.8 Å². The Bertz CT molecular complexity index is 319. The quantitative estimate of drug-likeness (QED) is 0.706. The van der Waals surface area contributed by atoms with Crippen molar-refractivity contribution in [2.45, 2.75) is 38.8 Å². The van der Waals surface area contributed by atoms with Crippen LogP contribution in [-0.4, -0.2) is 15.6 Å². The summed E-state index contributed by atoms with van der Waals surface area (Å²) in [5.74, 6) is 0. The van der Waals surface area contributed by atoms with E-state index in [2.05, 4.69) is 4.98 Å². The second-order valence-corrected chi connectivity index (χ2v) is 3.58. The summed E-state index contributed by atoms with van der Waals surface area (Å²) >= 11 is 0. The molecule has 0 radical (unpaired) electrons. The van der Waals surface area contributed by atoms with E-state index in [4.69, 9.17) is 5.73 Å². The predicted octanol–water partition coefficient (Wildman–Crippen LogP) is 0.761. The van der Waals surface area contributed by atoms with E-state index in [1.807, 2.05) is 6.92 Å². The highest BCUT2D eigenvalue weighted by atomic mass is 16.1. The molecule has 0 amide bonds. The first-order valence-corrected chi connectivity index (χ1v) is 4.96. The summed E-state index contributed by atoms with van der Waals surface area (Å²) < 4.78 is 1.63. The summed E-state index contributed by atoms with van der Waals surface area (Å²) in [6.07, 6.45) is 6.14. The Balaban J connectivity index is 2.32. The molecule has 0 fully saturated rings. The largest absolute Gasteiger partial charge is 0.328 e. The highest BCUT2D eigenvalue weighted by Crippen LogP contribution is 1.99. The number of unbranched alkanes of at least 4 members (excludes halogenated alkanes) is 1. The minimum atomic E-state index is 0.0146. The zero-order valence-corrected chi connectivity index (χ0v) is 8.52. The lowest BCUT2D eigenvalue weighted by Gasteiger charge is -2.05. The lowest BCUT2D eigenvalue weighted by molar-refractivity contribution is 0.537. The van der Waals surface area contributed by atoms with Crippen LogP contribution in [0.2, 0.25) is 0 Å². The minimum Gasteiger partial charge on any atom is -0.328 e. The topological polar surface area (TPSA) is 60.9 Å². The monoisotopic (exact) mass is 195 g/mol. The van der Waals surface area contributed by atoms with E-state index in [1.165, 1.54) is 12.3 Å². The molecule has 0 aromatic carbocycles. The molecule has 0 spiro atoms. The zero-order valence-electron chi connectivity index (χ0n) is 8.52. The number of aryl methyl sites for hydroxylation is 1. The van der Waals surface area contributed by atoms with Crippen molar-refractivity contribution in [3.8, 4) is 0 Å². The van der Waals surface area contributed by atoms with Crippen LogP contribution in [0.4, 0.5) is 0 Å². The van der Waals surface area contributed by atoms with Crippen LogP contribution < -0.4 is 11.3 Å². The van der Waals surface area contributed by atoms with Gasteiger partial charge in [-0.1, -0.05) is 6.42 Å². The number of aromatic nitrogens is 2. The van der Waals surface area contributed by atoms with Gasteiger partial charge in [0.15, 0.2) is 0 Å².